The minimum absolute atomic E-state index is 0.0835. The number of carbonyl (C=O) groups is 2. The predicted molar refractivity (Wildman–Crippen MR) is 138 cm³/mol. The molecule has 10 heteroatoms. The van der Waals surface area contributed by atoms with E-state index in [-0.39, 0.29) is 33.4 Å². The van der Waals surface area contributed by atoms with Crippen molar-refractivity contribution in [3.8, 4) is 28.6 Å². The van der Waals surface area contributed by atoms with Crippen LogP contribution in [0.3, 0.4) is 0 Å². The summed E-state index contributed by atoms with van der Waals surface area (Å²) < 4.78 is 16.7. The van der Waals surface area contributed by atoms with Crippen LogP contribution in [0, 0.1) is 12.8 Å². The minimum Gasteiger partial charge on any atom is -0.496 e. The number of H-pyrrole nitrogens is 1. The quantitative estimate of drug-likeness (QED) is 0.476. The third-order valence-electron chi connectivity index (χ3n) is 6.62. The summed E-state index contributed by atoms with van der Waals surface area (Å²) in [5.74, 6) is -0.469. The van der Waals surface area contributed by atoms with E-state index in [2.05, 4.69) is 15.3 Å². The van der Waals surface area contributed by atoms with Crippen LogP contribution in [0.1, 0.15) is 29.4 Å². The summed E-state index contributed by atoms with van der Waals surface area (Å²) in [5, 5.41) is 3.37. The van der Waals surface area contributed by atoms with Gasteiger partial charge in [0.25, 0.3) is 5.56 Å². The fourth-order valence-electron chi connectivity index (χ4n) is 4.86. The first-order valence-electron chi connectivity index (χ1n) is 11.6. The van der Waals surface area contributed by atoms with Gasteiger partial charge >= 0.3 is 0 Å². The summed E-state index contributed by atoms with van der Waals surface area (Å²) in [5.41, 5.74) is 0.771. The number of rotatable bonds is 5. The molecule has 0 fully saturated rings. The number of aromatic amines is 1. The molecule has 1 aliphatic carbocycles. The van der Waals surface area contributed by atoms with Gasteiger partial charge in [-0.25, -0.2) is 4.98 Å². The zero-order valence-electron chi connectivity index (χ0n) is 20.6. The highest BCUT2D eigenvalue weighted by Crippen LogP contribution is 2.53. The largest absolute Gasteiger partial charge is 0.496 e. The summed E-state index contributed by atoms with van der Waals surface area (Å²) in [6, 6.07) is 10.2. The van der Waals surface area contributed by atoms with Crippen molar-refractivity contribution in [1.29, 1.82) is 0 Å². The predicted octanol–water partition coefficient (Wildman–Crippen LogP) is 4.33. The summed E-state index contributed by atoms with van der Waals surface area (Å²) >= 11 is 6.44. The molecule has 2 N–H and O–H groups in total. The monoisotopic (exact) mass is 521 g/mol. The number of Topliss-reactive ketones (excluding diaryl/α,β-unsaturated/α-hetero) is 1. The highest BCUT2D eigenvalue weighted by Gasteiger charge is 2.60. The van der Waals surface area contributed by atoms with E-state index in [4.69, 9.17) is 25.8 Å². The Kier molecular flexibility index (Phi) is 6.03. The number of fused-ring (bicyclic) bond motifs is 1. The van der Waals surface area contributed by atoms with E-state index in [1.54, 1.807) is 13.8 Å². The highest BCUT2D eigenvalue weighted by molar-refractivity contribution is 6.36. The molecule has 0 bridgehead atoms. The highest BCUT2D eigenvalue weighted by atomic mass is 35.5. The second-order valence-corrected chi connectivity index (χ2v) is 9.42. The van der Waals surface area contributed by atoms with Gasteiger partial charge in [0.15, 0.2) is 5.75 Å². The van der Waals surface area contributed by atoms with Crippen LogP contribution in [-0.4, -0.2) is 41.4 Å². The molecule has 2 aromatic carbocycles. The average molecular weight is 522 g/mol. The fourth-order valence-corrected chi connectivity index (χ4v) is 5.13. The number of hydrogen-bond donors (Lipinski definition) is 2. The second-order valence-electron chi connectivity index (χ2n) is 9.05. The van der Waals surface area contributed by atoms with Crippen molar-refractivity contribution in [1.82, 2.24) is 9.97 Å². The third-order valence-corrected chi connectivity index (χ3v) is 6.98. The number of ketones is 2. The fraction of sp³-hybridized carbons (Fsp3) is 0.259. The maximum Gasteiger partial charge on any atom is 0.251 e. The van der Waals surface area contributed by atoms with Crippen LogP contribution in [-0.2, 0) is 4.79 Å². The summed E-state index contributed by atoms with van der Waals surface area (Å²) in [6.45, 7) is 3.53. The molecule has 9 nitrogen and oxygen atoms in total. The topological polar surface area (TPSA) is 120 Å². The summed E-state index contributed by atoms with van der Waals surface area (Å²) in [7, 11) is 2.86. The number of methoxy groups -OCH3 is 2. The van der Waals surface area contributed by atoms with Crippen LogP contribution in [0.4, 0.5) is 5.69 Å². The zero-order chi connectivity index (χ0) is 26.5. The molecule has 1 aromatic heterocycles. The maximum atomic E-state index is 13.6. The smallest absolute Gasteiger partial charge is 0.251 e. The number of allylic oxidation sites excluding steroid dienone is 1. The lowest BCUT2D eigenvalue weighted by Gasteiger charge is -2.35. The van der Waals surface area contributed by atoms with Gasteiger partial charge in [0.1, 0.15) is 27.9 Å². The zero-order valence-corrected chi connectivity index (χ0v) is 21.4. The van der Waals surface area contributed by atoms with Crippen LogP contribution in [0.5, 0.6) is 17.2 Å². The minimum atomic E-state index is -1.75. The number of ether oxygens (including phenoxy) is 3. The summed E-state index contributed by atoms with van der Waals surface area (Å²) in [6.07, 6.45) is 1.74. The van der Waals surface area contributed by atoms with Gasteiger partial charge in [-0.3, -0.25) is 14.4 Å². The second kappa shape index (κ2) is 9.08. The van der Waals surface area contributed by atoms with E-state index in [1.807, 2.05) is 24.3 Å². The molecule has 0 amide bonds. The first kappa shape index (κ1) is 24.6. The molecule has 37 heavy (non-hydrogen) atoms. The van der Waals surface area contributed by atoms with Gasteiger partial charge in [-0.1, -0.05) is 30.7 Å². The van der Waals surface area contributed by atoms with Crippen LogP contribution in [0.25, 0.3) is 11.4 Å². The Morgan fingerprint density at radius 1 is 1.14 bits per heavy atom. The van der Waals surface area contributed by atoms with Gasteiger partial charge in [-0.2, -0.15) is 0 Å². The first-order chi connectivity index (χ1) is 17.7. The molecule has 0 saturated carbocycles. The van der Waals surface area contributed by atoms with E-state index in [9.17, 15) is 14.4 Å². The molecular weight excluding hydrogens is 498 g/mol. The van der Waals surface area contributed by atoms with E-state index < -0.39 is 23.1 Å². The molecule has 5 rings (SSSR count). The lowest BCUT2D eigenvalue weighted by atomic mass is 9.74. The number of nitrogens with zero attached hydrogens (tertiary/aromatic N) is 1. The average Bonchev–Trinajstić information content (AvgIpc) is 3.17. The molecule has 1 aliphatic heterocycles. The van der Waals surface area contributed by atoms with E-state index >= 15 is 0 Å². The Balaban J connectivity index is 1.46. The summed E-state index contributed by atoms with van der Waals surface area (Å²) in [4.78, 5) is 46.1. The van der Waals surface area contributed by atoms with Crippen molar-refractivity contribution in [2.75, 3.05) is 19.5 Å². The lowest BCUT2D eigenvalue weighted by molar-refractivity contribution is -0.129. The SMILES string of the molecule is COc1cc(OC)c2c(c1Cl)OC1(C(=O)C=C(Nc3cccc(-c4nc(C)cc(=O)[nH]4)c3)CC1C)C2=O. The number of aryl methyl sites for hydroxylation is 1. The maximum absolute atomic E-state index is 13.6. The number of nitrogens with one attached hydrogen (secondary N) is 2. The third kappa shape index (κ3) is 3.95. The van der Waals surface area contributed by atoms with Crippen LogP contribution < -0.4 is 25.1 Å². The number of hydrogen-bond acceptors (Lipinski definition) is 8. The Bertz CT molecular complexity index is 1550. The molecule has 3 aromatic rings. The van der Waals surface area contributed by atoms with Crippen LogP contribution in [0.2, 0.25) is 5.02 Å². The standard InChI is InChI=1S/C27H24ClN3O6/c1-13-8-17(30-16-7-5-6-15(10-16)26-29-14(2)9-21(33)31-26)11-20(32)27(13)25(34)22-18(35-3)12-19(36-4)23(28)24(22)37-27/h5-7,9-13,30H,8H2,1-4H3,(H,29,31,33). The molecule has 190 valence electrons. The Morgan fingerprint density at radius 3 is 2.57 bits per heavy atom. The van der Waals surface area contributed by atoms with Gasteiger partial charge in [-0.15, -0.1) is 0 Å². The molecule has 0 radical (unpaired) electrons. The van der Waals surface area contributed by atoms with Crippen molar-refractivity contribution < 1.29 is 23.8 Å². The van der Waals surface area contributed by atoms with E-state index in [1.165, 1.54) is 32.4 Å². The number of benzene rings is 2. The van der Waals surface area contributed by atoms with Crippen molar-refractivity contribution in [3.63, 3.8) is 0 Å². The molecule has 2 atom stereocenters. The number of anilines is 1. The first-order valence-corrected chi connectivity index (χ1v) is 11.9. The van der Waals surface area contributed by atoms with Crippen molar-refractivity contribution in [3.05, 3.63) is 74.8 Å². The van der Waals surface area contributed by atoms with Crippen molar-refractivity contribution in [2.24, 2.45) is 5.92 Å². The lowest BCUT2D eigenvalue weighted by Crippen LogP contribution is -2.55. The van der Waals surface area contributed by atoms with E-state index in [0.717, 1.165) is 0 Å². The Morgan fingerprint density at radius 2 is 1.89 bits per heavy atom. The Labute approximate surface area is 217 Å². The van der Waals surface area contributed by atoms with Gasteiger partial charge in [0.05, 0.1) is 14.2 Å². The molecule has 2 unspecified atom stereocenters. The van der Waals surface area contributed by atoms with E-state index in [0.29, 0.717) is 34.9 Å². The number of aromatic nitrogens is 2. The number of halogens is 1. The van der Waals surface area contributed by atoms with Gasteiger partial charge in [-0.05, 0) is 25.5 Å². The molecule has 2 aliphatic rings. The number of carbonyl (C=O) groups excluding carboxylic acids is 2. The Hall–Kier alpha value is -4.11. The molecular formula is C27H24ClN3O6. The van der Waals surface area contributed by atoms with Crippen molar-refractivity contribution >= 4 is 28.9 Å². The normalized spacial score (nSPS) is 20.4. The van der Waals surface area contributed by atoms with Crippen molar-refractivity contribution in [2.45, 2.75) is 25.9 Å². The van der Waals surface area contributed by atoms with Gasteiger partial charge < -0.3 is 24.5 Å². The van der Waals surface area contributed by atoms with Gasteiger partial charge in [0, 0.05) is 46.8 Å². The molecule has 0 saturated heterocycles. The van der Waals surface area contributed by atoms with Crippen LogP contribution >= 0.6 is 11.6 Å². The molecule has 1 spiro atoms. The van der Waals surface area contributed by atoms with Gasteiger partial charge in [0.2, 0.25) is 17.2 Å². The van der Waals surface area contributed by atoms with Crippen LogP contribution in [0.15, 0.2) is 53.0 Å². The molecule has 2 heterocycles.